The van der Waals surface area contributed by atoms with E-state index in [1.165, 1.54) is 36.8 Å². The Bertz CT molecular complexity index is 911. The molecule has 2 N–H and O–H groups in total. The number of hydrogen-bond acceptors (Lipinski definition) is 5. The van der Waals surface area contributed by atoms with E-state index in [2.05, 4.69) is 22.1 Å². The van der Waals surface area contributed by atoms with E-state index in [1.807, 2.05) is 11.8 Å². The van der Waals surface area contributed by atoms with Crippen LogP contribution in [0.2, 0.25) is 0 Å². The number of aromatic nitrogens is 2. The van der Waals surface area contributed by atoms with Gasteiger partial charge in [-0.25, -0.2) is 9.97 Å². The minimum atomic E-state index is 0.0455. The Morgan fingerprint density at radius 1 is 1.00 bits per heavy atom. The molecule has 0 atom stereocenters. The molecule has 1 saturated heterocycles. The molecule has 3 fully saturated rings. The Morgan fingerprint density at radius 2 is 1.71 bits per heavy atom. The average Bonchev–Trinajstić information content (AvgIpc) is 3.60. The van der Waals surface area contributed by atoms with E-state index in [1.54, 1.807) is 12.3 Å². The van der Waals surface area contributed by atoms with Crippen molar-refractivity contribution in [2.75, 3.05) is 36.8 Å². The average molecular weight is 377 g/mol. The third-order valence-corrected chi connectivity index (χ3v) is 6.21. The largest absolute Gasteiger partial charge is 0.384 e. The predicted molar refractivity (Wildman–Crippen MR) is 110 cm³/mol. The lowest BCUT2D eigenvalue weighted by atomic mass is 10.1. The van der Waals surface area contributed by atoms with Crippen LogP contribution in [0.5, 0.6) is 0 Å². The summed E-state index contributed by atoms with van der Waals surface area (Å²) in [5, 5.41) is 0. The van der Waals surface area contributed by atoms with Crippen LogP contribution < -0.4 is 10.6 Å². The van der Waals surface area contributed by atoms with Crippen molar-refractivity contribution in [3.8, 4) is 0 Å². The maximum Gasteiger partial charge on any atom is 0.255 e. The molecule has 3 aliphatic rings. The standard InChI is InChI=1S/C22H27N5O/c1-14-10-20(23)24-13-19(14)22(28)27-8-6-26(7-9-27)21-18(16-4-5-16)11-17(12-25-21)15-2-3-15/h10-13,15-16H,2-9H2,1H3,(H2,23,24). The number of piperazine rings is 1. The first-order valence-corrected chi connectivity index (χ1v) is 10.4. The van der Waals surface area contributed by atoms with Gasteiger partial charge in [-0.3, -0.25) is 4.79 Å². The molecular weight excluding hydrogens is 350 g/mol. The number of anilines is 2. The van der Waals surface area contributed by atoms with Gasteiger partial charge in [0.15, 0.2) is 0 Å². The highest BCUT2D eigenvalue weighted by atomic mass is 16.2. The van der Waals surface area contributed by atoms with Crippen LogP contribution >= 0.6 is 0 Å². The van der Waals surface area contributed by atoms with E-state index in [9.17, 15) is 4.79 Å². The lowest BCUT2D eigenvalue weighted by Crippen LogP contribution is -2.49. The van der Waals surface area contributed by atoms with Crippen molar-refractivity contribution in [1.82, 2.24) is 14.9 Å². The Hall–Kier alpha value is -2.63. The molecule has 2 aromatic heterocycles. The molecule has 6 heteroatoms. The van der Waals surface area contributed by atoms with E-state index in [0.29, 0.717) is 30.4 Å². The first-order chi connectivity index (χ1) is 13.6. The normalized spacial score (nSPS) is 19.8. The number of carbonyl (C=O) groups is 1. The Labute approximate surface area is 165 Å². The van der Waals surface area contributed by atoms with E-state index in [-0.39, 0.29) is 5.91 Å². The lowest BCUT2D eigenvalue weighted by molar-refractivity contribution is 0.0745. The molecule has 6 nitrogen and oxygen atoms in total. The number of nitrogens with zero attached hydrogens (tertiary/aromatic N) is 4. The van der Waals surface area contributed by atoms with Crippen molar-refractivity contribution in [2.24, 2.45) is 0 Å². The molecule has 0 radical (unpaired) electrons. The first kappa shape index (κ1) is 17.5. The van der Waals surface area contributed by atoms with Crippen molar-refractivity contribution in [1.29, 1.82) is 0 Å². The van der Waals surface area contributed by atoms with Crippen molar-refractivity contribution in [3.63, 3.8) is 0 Å². The molecule has 0 unspecified atom stereocenters. The number of nitrogens with two attached hydrogens (primary N) is 1. The van der Waals surface area contributed by atoms with Crippen LogP contribution in [-0.4, -0.2) is 47.0 Å². The zero-order valence-corrected chi connectivity index (χ0v) is 16.4. The molecule has 2 saturated carbocycles. The van der Waals surface area contributed by atoms with Crippen LogP contribution in [0.3, 0.4) is 0 Å². The van der Waals surface area contributed by atoms with Crippen molar-refractivity contribution >= 4 is 17.5 Å². The molecule has 146 valence electrons. The van der Waals surface area contributed by atoms with Crippen molar-refractivity contribution in [3.05, 3.63) is 46.8 Å². The van der Waals surface area contributed by atoms with Crippen LogP contribution in [0.15, 0.2) is 24.5 Å². The zero-order chi connectivity index (χ0) is 19.3. The summed E-state index contributed by atoms with van der Waals surface area (Å²) in [6, 6.07) is 4.18. The predicted octanol–water partition coefficient (Wildman–Crippen LogP) is 3.08. The van der Waals surface area contributed by atoms with Gasteiger partial charge in [0.2, 0.25) is 0 Å². The number of rotatable bonds is 4. The highest BCUT2D eigenvalue weighted by molar-refractivity contribution is 5.95. The molecule has 1 amide bonds. The summed E-state index contributed by atoms with van der Waals surface area (Å²) in [5.74, 6) is 3.07. The molecule has 0 bridgehead atoms. The van der Waals surface area contributed by atoms with Gasteiger partial charge in [0, 0.05) is 38.6 Å². The second kappa shape index (κ2) is 6.76. The van der Waals surface area contributed by atoms with Crippen LogP contribution in [0.4, 0.5) is 11.6 Å². The number of nitrogen functional groups attached to an aromatic ring is 1. The van der Waals surface area contributed by atoms with Gasteiger partial charge in [-0.1, -0.05) is 6.07 Å². The molecule has 28 heavy (non-hydrogen) atoms. The molecule has 0 aromatic carbocycles. The highest BCUT2D eigenvalue weighted by Gasteiger charge is 2.33. The molecule has 2 aliphatic carbocycles. The minimum absolute atomic E-state index is 0.0455. The van der Waals surface area contributed by atoms with Crippen LogP contribution in [0.25, 0.3) is 0 Å². The van der Waals surface area contributed by atoms with Gasteiger partial charge in [0.1, 0.15) is 11.6 Å². The summed E-state index contributed by atoms with van der Waals surface area (Å²) in [5.41, 5.74) is 10.1. The number of amides is 1. The van der Waals surface area contributed by atoms with Crippen LogP contribution in [-0.2, 0) is 0 Å². The van der Waals surface area contributed by atoms with E-state index >= 15 is 0 Å². The second-order valence-corrected chi connectivity index (χ2v) is 8.43. The maximum atomic E-state index is 12.9. The van der Waals surface area contributed by atoms with Gasteiger partial charge in [0.25, 0.3) is 5.91 Å². The van der Waals surface area contributed by atoms with E-state index in [0.717, 1.165) is 30.4 Å². The molecule has 2 aromatic rings. The topological polar surface area (TPSA) is 75.3 Å². The third-order valence-electron chi connectivity index (χ3n) is 6.21. The smallest absolute Gasteiger partial charge is 0.255 e. The summed E-state index contributed by atoms with van der Waals surface area (Å²) in [6.45, 7) is 4.97. The Morgan fingerprint density at radius 3 is 2.36 bits per heavy atom. The van der Waals surface area contributed by atoms with Crippen LogP contribution in [0, 0.1) is 6.92 Å². The SMILES string of the molecule is Cc1cc(N)ncc1C(=O)N1CCN(c2ncc(C3CC3)cc2C2CC2)CC1. The third kappa shape index (κ3) is 3.32. The molecule has 1 aliphatic heterocycles. The van der Waals surface area contributed by atoms with Gasteiger partial charge >= 0.3 is 0 Å². The van der Waals surface area contributed by atoms with Crippen LogP contribution in [0.1, 0.15) is 64.6 Å². The van der Waals surface area contributed by atoms with Gasteiger partial charge in [0.05, 0.1) is 5.56 Å². The molecular formula is C22H27N5O. The fourth-order valence-corrected chi connectivity index (χ4v) is 4.18. The van der Waals surface area contributed by atoms with Gasteiger partial charge in [-0.2, -0.15) is 0 Å². The van der Waals surface area contributed by atoms with Gasteiger partial charge in [-0.05, 0) is 67.2 Å². The van der Waals surface area contributed by atoms with Crippen molar-refractivity contribution in [2.45, 2.75) is 44.4 Å². The second-order valence-electron chi connectivity index (χ2n) is 8.43. The maximum absolute atomic E-state index is 12.9. The molecule has 5 rings (SSSR count). The summed E-state index contributed by atoms with van der Waals surface area (Å²) in [4.78, 5) is 26.2. The lowest BCUT2D eigenvalue weighted by Gasteiger charge is -2.36. The number of carbonyl (C=O) groups excluding carboxylic acids is 1. The summed E-state index contributed by atoms with van der Waals surface area (Å²) in [7, 11) is 0. The fraction of sp³-hybridized carbons (Fsp3) is 0.500. The Kier molecular flexibility index (Phi) is 4.22. The fourth-order valence-electron chi connectivity index (χ4n) is 4.18. The minimum Gasteiger partial charge on any atom is -0.384 e. The number of hydrogen-bond donors (Lipinski definition) is 1. The van der Waals surface area contributed by atoms with Gasteiger partial charge in [-0.15, -0.1) is 0 Å². The zero-order valence-electron chi connectivity index (χ0n) is 16.4. The summed E-state index contributed by atoms with van der Waals surface area (Å²) in [6.07, 6.45) is 8.87. The number of pyridine rings is 2. The summed E-state index contributed by atoms with van der Waals surface area (Å²) >= 11 is 0. The Balaban J connectivity index is 1.30. The monoisotopic (exact) mass is 377 g/mol. The molecule has 3 heterocycles. The van der Waals surface area contributed by atoms with Crippen molar-refractivity contribution < 1.29 is 4.79 Å². The highest BCUT2D eigenvalue weighted by Crippen LogP contribution is 2.47. The summed E-state index contributed by atoms with van der Waals surface area (Å²) < 4.78 is 0. The quantitative estimate of drug-likeness (QED) is 0.886. The number of aryl methyl sites for hydroxylation is 1. The first-order valence-electron chi connectivity index (χ1n) is 10.4. The van der Waals surface area contributed by atoms with Gasteiger partial charge < -0.3 is 15.5 Å². The molecule has 0 spiro atoms. The van der Waals surface area contributed by atoms with E-state index < -0.39 is 0 Å². The van der Waals surface area contributed by atoms with E-state index in [4.69, 9.17) is 10.7 Å².